The molecule has 0 aliphatic heterocycles. The molecule has 3 heteroatoms. The SMILES string of the molecule is CCCC(C)C1CCc2cc(OCCc3nc(-c4ccccc4)oc3C)ccc21. The number of aryl methyl sites for hydroxylation is 2. The molecule has 0 spiro atoms. The number of nitrogens with zero attached hydrogens (tertiary/aromatic N) is 1. The van der Waals surface area contributed by atoms with Gasteiger partial charge in [0.2, 0.25) is 5.89 Å². The lowest BCUT2D eigenvalue weighted by Crippen LogP contribution is -2.06. The maximum Gasteiger partial charge on any atom is 0.226 e. The number of hydrogen-bond donors (Lipinski definition) is 0. The van der Waals surface area contributed by atoms with Gasteiger partial charge in [0.25, 0.3) is 0 Å². The van der Waals surface area contributed by atoms with Crippen molar-refractivity contribution < 1.29 is 9.15 Å². The van der Waals surface area contributed by atoms with Gasteiger partial charge in [-0.1, -0.05) is 51.0 Å². The first-order chi connectivity index (χ1) is 14.2. The van der Waals surface area contributed by atoms with E-state index in [-0.39, 0.29) is 0 Å². The standard InChI is InChI=1S/C26H31NO2/c1-4-8-18(2)23-13-11-21-17-22(12-14-24(21)23)28-16-15-25-19(3)29-26(27-25)20-9-6-5-7-10-20/h5-7,9-10,12,14,17-18,23H,4,8,11,13,15-16H2,1-3H3. The summed E-state index contributed by atoms with van der Waals surface area (Å²) in [5.41, 5.74) is 4.99. The van der Waals surface area contributed by atoms with E-state index in [2.05, 4.69) is 37.0 Å². The zero-order valence-electron chi connectivity index (χ0n) is 17.8. The minimum Gasteiger partial charge on any atom is -0.493 e. The lowest BCUT2D eigenvalue weighted by molar-refractivity contribution is 0.319. The minimum atomic E-state index is 0.607. The maximum atomic E-state index is 6.07. The minimum absolute atomic E-state index is 0.607. The number of hydrogen-bond acceptors (Lipinski definition) is 3. The molecule has 2 unspecified atom stereocenters. The van der Waals surface area contributed by atoms with Crippen LogP contribution in [-0.4, -0.2) is 11.6 Å². The van der Waals surface area contributed by atoms with Crippen molar-refractivity contribution in [3.8, 4) is 17.2 Å². The van der Waals surface area contributed by atoms with Crippen LogP contribution in [0.1, 0.15) is 61.6 Å². The molecular weight excluding hydrogens is 358 g/mol. The highest BCUT2D eigenvalue weighted by molar-refractivity contribution is 5.53. The molecule has 1 aliphatic rings. The average molecular weight is 390 g/mol. The highest BCUT2D eigenvalue weighted by Gasteiger charge is 2.27. The molecule has 3 aromatic rings. The van der Waals surface area contributed by atoms with Crippen molar-refractivity contribution >= 4 is 0 Å². The van der Waals surface area contributed by atoms with Crippen LogP contribution in [0.15, 0.2) is 52.9 Å². The Labute approximate surface area is 174 Å². The van der Waals surface area contributed by atoms with Crippen molar-refractivity contribution in [3.05, 3.63) is 71.1 Å². The Bertz CT molecular complexity index is 945. The molecule has 152 valence electrons. The topological polar surface area (TPSA) is 35.3 Å². The monoisotopic (exact) mass is 389 g/mol. The number of ether oxygens (including phenoxy) is 1. The fourth-order valence-electron chi connectivity index (χ4n) is 4.59. The number of aromatic nitrogens is 1. The van der Waals surface area contributed by atoms with E-state index in [1.807, 2.05) is 37.3 Å². The Morgan fingerprint density at radius 1 is 1.17 bits per heavy atom. The van der Waals surface area contributed by atoms with Gasteiger partial charge in [-0.3, -0.25) is 0 Å². The van der Waals surface area contributed by atoms with E-state index in [9.17, 15) is 0 Å². The van der Waals surface area contributed by atoms with E-state index in [1.165, 1.54) is 36.8 Å². The first-order valence-electron chi connectivity index (χ1n) is 10.9. The van der Waals surface area contributed by atoms with Gasteiger partial charge in [-0.2, -0.15) is 0 Å². The first-order valence-corrected chi connectivity index (χ1v) is 10.9. The Balaban J connectivity index is 1.37. The van der Waals surface area contributed by atoms with Crippen LogP contribution in [0.5, 0.6) is 5.75 Å². The molecule has 0 amide bonds. The molecular formula is C26H31NO2. The van der Waals surface area contributed by atoms with Gasteiger partial charge in [0, 0.05) is 12.0 Å². The van der Waals surface area contributed by atoms with Crippen LogP contribution in [0, 0.1) is 12.8 Å². The van der Waals surface area contributed by atoms with Crippen LogP contribution < -0.4 is 4.74 Å². The lowest BCUT2D eigenvalue weighted by Gasteiger charge is -2.20. The molecule has 1 aliphatic carbocycles. The normalized spacial score (nSPS) is 16.6. The Morgan fingerprint density at radius 3 is 2.79 bits per heavy atom. The van der Waals surface area contributed by atoms with Gasteiger partial charge in [-0.25, -0.2) is 4.98 Å². The van der Waals surface area contributed by atoms with Gasteiger partial charge in [0.1, 0.15) is 11.5 Å². The molecule has 0 N–H and O–H groups in total. The number of fused-ring (bicyclic) bond motifs is 1. The molecule has 1 aromatic heterocycles. The highest BCUT2D eigenvalue weighted by atomic mass is 16.5. The second kappa shape index (κ2) is 8.86. The second-order valence-corrected chi connectivity index (χ2v) is 8.26. The van der Waals surface area contributed by atoms with E-state index in [0.29, 0.717) is 18.4 Å². The first kappa shape index (κ1) is 19.8. The molecule has 4 rings (SSSR count). The van der Waals surface area contributed by atoms with Crippen molar-refractivity contribution in [2.24, 2.45) is 5.92 Å². The van der Waals surface area contributed by atoms with Gasteiger partial charge in [0.05, 0.1) is 12.3 Å². The fraction of sp³-hybridized carbons (Fsp3) is 0.423. The molecule has 0 saturated carbocycles. The van der Waals surface area contributed by atoms with E-state index in [4.69, 9.17) is 9.15 Å². The molecule has 0 bridgehead atoms. The van der Waals surface area contributed by atoms with Gasteiger partial charge >= 0.3 is 0 Å². The third-order valence-corrected chi connectivity index (χ3v) is 6.19. The van der Waals surface area contributed by atoms with Gasteiger partial charge < -0.3 is 9.15 Å². The van der Waals surface area contributed by atoms with Crippen molar-refractivity contribution in [1.82, 2.24) is 4.98 Å². The van der Waals surface area contributed by atoms with E-state index < -0.39 is 0 Å². The Hall–Kier alpha value is -2.55. The number of rotatable bonds is 8. The summed E-state index contributed by atoms with van der Waals surface area (Å²) < 4.78 is 11.9. The van der Waals surface area contributed by atoms with Crippen LogP contribution in [0.2, 0.25) is 0 Å². The third kappa shape index (κ3) is 4.39. The largest absolute Gasteiger partial charge is 0.493 e. The van der Waals surface area contributed by atoms with E-state index >= 15 is 0 Å². The zero-order valence-corrected chi connectivity index (χ0v) is 17.8. The smallest absolute Gasteiger partial charge is 0.226 e. The van der Waals surface area contributed by atoms with Crippen molar-refractivity contribution in [3.63, 3.8) is 0 Å². The highest BCUT2D eigenvalue weighted by Crippen LogP contribution is 2.41. The van der Waals surface area contributed by atoms with E-state index in [0.717, 1.165) is 35.1 Å². The Kier molecular flexibility index (Phi) is 6.03. The second-order valence-electron chi connectivity index (χ2n) is 8.26. The quantitative estimate of drug-likeness (QED) is 0.428. The molecule has 29 heavy (non-hydrogen) atoms. The summed E-state index contributed by atoms with van der Waals surface area (Å²) in [5, 5.41) is 0. The third-order valence-electron chi connectivity index (χ3n) is 6.19. The lowest BCUT2D eigenvalue weighted by atomic mass is 9.86. The Morgan fingerprint density at radius 2 is 2.00 bits per heavy atom. The zero-order chi connectivity index (χ0) is 20.2. The van der Waals surface area contributed by atoms with Crippen LogP contribution in [-0.2, 0) is 12.8 Å². The van der Waals surface area contributed by atoms with Crippen LogP contribution in [0.3, 0.4) is 0 Å². The molecule has 2 atom stereocenters. The molecule has 0 radical (unpaired) electrons. The molecule has 2 aromatic carbocycles. The predicted octanol–water partition coefficient (Wildman–Crippen LogP) is 6.74. The van der Waals surface area contributed by atoms with Gasteiger partial charge in [0.15, 0.2) is 0 Å². The van der Waals surface area contributed by atoms with Crippen LogP contribution in [0.25, 0.3) is 11.5 Å². The number of oxazole rings is 1. The molecule has 3 nitrogen and oxygen atoms in total. The van der Waals surface area contributed by atoms with E-state index in [1.54, 1.807) is 0 Å². The molecule has 1 heterocycles. The summed E-state index contributed by atoms with van der Waals surface area (Å²) in [7, 11) is 0. The van der Waals surface area contributed by atoms with Gasteiger partial charge in [-0.05, 0) is 67.0 Å². The van der Waals surface area contributed by atoms with Crippen molar-refractivity contribution in [2.75, 3.05) is 6.61 Å². The summed E-state index contributed by atoms with van der Waals surface area (Å²) in [6.07, 6.45) is 5.77. The predicted molar refractivity (Wildman–Crippen MR) is 117 cm³/mol. The molecule has 0 fully saturated rings. The summed E-state index contributed by atoms with van der Waals surface area (Å²) in [4.78, 5) is 4.67. The van der Waals surface area contributed by atoms with Crippen molar-refractivity contribution in [2.45, 2.75) is 58.8 Å². The van der Waals surface area contributed by atoms with Gasteiger partial charge in [-0.15, -0.1) is 0 Å². The number of benzene rings is 2. The average Bonchev–Trinajstić information content (AvgIpc) is 3.32. The summed E-state index contributed by atoms with van der Waals surface area (Å²) in [5.74, 6) is 4.00. The summed E-state index contributed by atoms with van der Waals surface area (Å²) in [6, 6.07) is 16.7. The van der Waals surface area contributed by atoms with Crippen LogP contribution in [0.4, 0.5) is 0 Å². The summed E-state index contributed by atoms with van der Waals surface area (Å²) in [6.45, 7) is 7.26. The summed E-state index contributed by atoms with van der Waals surface area (Å²) >= 11 is 0. The molecule has 0 saturated heterocycles. The van der Waals surface area contributed by atoms with Crippen LogP contribution >= 0.6 is 0 Å². The van der Waals surface area contributed by atoms with Crippen molar-refractivity contribution in [1.29, 1.82) is 0 Å². The fourth-order valence-corrected chi connectivity index (χ4v) is 4.59. The maximum absolute atomic E-state index is 6.07.